The van der Waals surface area contributed by atoms with E-state index in [2.05, 4.69) is 17.4 Å². The Morgan fingerprint density at radius 1 is 0.923 bits per heavy atom. The van der Waals surface area contributed by atoms with Crippen LogP contribution in [-0.2, 0) is 17.8 Å². The van der Waals surface area contributed by atoms with Crippen LogP contribution in [0.4, 0.5) is 0 Å². The maximum absolute atomic E-state index is 5.85. The van der Waals surface area contributed by atoms with Gasteiger partial charge in [-0.3, -0.25) is 0 Å². The first-order valence-electron chi connectivity index (χ1n) is 8.88. The van der Waals surface area contributed by atoms with Gasteiger partial charge in [0.15, 0.2) is 11.5 Å². The molecule has 1 N–H and O–H groups in total. The number of benzene rings is 2. The van der Waals surface area contributed by atoms with Crippen LogP contribution in [0, 0.1) is 0 Å². The first kappa shape index (κ1) is 20.1. The molecular weight excluding hydrogens is 330 g/mol. The largest absolute Gasteiger partial charge is 0.493 e. The lowest BCUT2D eigenvalue weighted by Crippen LogP contribution is -2.15. The molecule has 0 saturated carbocycles. The van der Waals surface area contributed by atoms with Crippen LogP contribution in [0.25, 0.3) is 0 Å². The molecule has 0 aliphatic carbocycles. The molecule has 142 valence electrons. The molecular formula is C21H29NO4. The van der Waals surface area contributed by atoms with Crippen LogP contribution in [0.3, 0.4) is 0 Å². The van der Waals surface area contributed by atoms with Gasteiger partial charge in [-0.05, 0) is 37.6 Å². The van der Waals surface area contributed by atoms with Gasteiger partial charge in [0, 0.05) is 25.8 Å². The van der Waals surface area contributed by atoms with Crippen molar-refractivity contribution >= 4 is 0 Å². The molecule has 5 heteroatoms. The Morgan fingerprint density at radius 2 is 1.69 bits per heavy atom. The molecule has 26 heavy (non-hydrogen) atoms. The first-order chi connectivity index (χ1) is 12.6. The third-order valence-electron chi connectivity index (χ3n) is 3.75. The average molecular weight is 359 g/mol. The molecule has 0 aliphatic rings. The number of rotatable bonds is 11. The highest BCUT2D eigenvalue weighted by atomic mass is 16.5. The van der Waals surface area contributed by atoms with E-state index in [1.807, 2.05) is 44.2 Å². The van der Waals surface area contributed by atoms with Crippen LogP contribution in [0.2, 0.25) is 0 Å². The highest BCUT2D eigenvalue weighted by Gasteiger charge is 2.10. The van der Waals surface area contributed by atoms with Gasteiger partial charge in [-0.1, -0.05) is 24.3 Å². The summed E-state index contributed by atoms with van der Waals surface area (Å²) in [6, 6.07) is 14.1. The van der Waals surface area contributed by atoms with E-state index in [1.54, 1.807) is 14.2 Å². The van der Waals surface area contributed by atoms with Crippen LogP contribution >= 0.6 is 0 Å². The molecule has 0 atom stereocenters. The third-order valence-corrected chi connectivity index (χ3v) is 3.75. The van der Waals surface area contributed by atoms with Gasteiger partial charge in [0.25, 0.3) is 0 Å². The Bertz CT molecular complexity index is 656. The Balaban J connectivity index is 1.94. The number of methoxy groups -OCH3 is 2. The third kappa shape index (κ3) is 6.24. The number of hydrogen-bond acceptors (Lipinski definition) is 5. The zero-order valence-corrected chi connectivity index (χ0v) is 16.1. The van der Waals surface area contributed by atoms with Gasteiger partial charge in [0.1, 0.15) is 12.4 Å². The van der Waals surface area contributed by atoms with Gasteiger partial charge < -0.3 is 24.3 Å². The van der Waals surface area contributed by atoms with E-state index in [0.717, 1.165) is 29.4 Å². The number of hydrogen-bond donors (Lipinski definition) is 1. The van der Waals surface area contributed by atoms with E-state index in [0.29, 0.717) is 19.8 Å². The summed E-state index contributed by atoms with van der Waals surface area (Å²) >= 11 is 0. The molecule has 0 spiro atoms. The fourth-order valence-electron chi connectivity index (χ4n) is 2.55. The Morgan fingerprint density at radius 3 is 2.35 bits per heavy atom. The van der Waals surface area contributed by atoms with Crippen molar-refractivity contribution in [2.45, 2.75) is 33.0 Å². The minimum absolute atomic E-state index is 0.184. The zero-order valence-electron chi connectivity index (χ0n) is 16.1. The average Bonchev–Trinajstić information content (AvgIpc) is 2.63. The molecule has 0 aliphatic heterocycles. The molecule has 0 heterocycles. The maximum atomic E-state index is 5.85. The van der Waals surface area contributed by atoms with Gasteiger partial charge >= 0.3 is 0 Å². The summed E-state index contributed by atoms with van der Waals surface area (Å²) in [4.78, 5) is 0. The SMILES string of the molecule is COCCOc1c(CNCc2ccc(OC(C)C)cc2)cccc1OC. The Kier molecular flexibility index (Phi) is 8.25. The topological polar surface area (TPSA) is 49.0 Å². The monoisotopic (exact) mass is 359 g/mol. The molecule has 0 aromatic heterocycles. The van der Waals surface area contributed by atoms with Crippen molar-refractivity contribution in [1.29, 1.82) is 0 Å². The molecule has 0 fully saturated rings. The minimum Gasteiger partial charge on any atom is -0.493 e. The number of ether oxygens (including phenoxy) is 4. The summed E-state index contributed by atoms with van der Waals surface area (Å²) in [6.07, 6.45) is 0.184. The van der Waals surface area contributed by atoms with Crippen molar-refractivity contribution in [1.82, 2.24) is 5.32 Å². The van der Waals surface area contributed by atoms with E-state index in [4.69, 9.17) is 18.9 Å². The van der Waals surface area contributed by atoms with Crippen LogP contribution in [-0.4, -0.2) is 33.5 Å². The molecule has 2 aromatic carbocycles. The molecule has 0 unspecified atom stereocenters. The summed E-state index contributed by atoms with van der Waals surface area (Å²) in [6.45, 7) is 6.52. The van der Waals surface area contributed by atoms with Crippen molar-refractivity contribution in [2.75, 3.05) is 27.4 Å². The van der Waals surface area contributed by atoms with Crippen molar-refractivity contribution in [3.63, 3.8) is 0 Å². The molecule has 2 aromatic rings. The molecule has 0 radical (unpaired) electrons. The van der Waals surface area contributed by atoms with Crippen molar-refractivity contribution in [3.05, 3.63) is 53.6 Å². The normalized spacial score (nSPS) is 10.8. The first-order valence-corrected chi connectivity index (χ1v) is 8.88. The highest BCUT2D eigenvalue weighted by molar-refractivity contribution is 5.46. The molecule has 0 amide bonds. The smallest absolute Gasteiger partial charge is 0.165 e. The fraction of sp³-hybridized carbons (Fsp3) is 0.429. The van der Waals surface area contributed by atoms with E-state index >= 15 is 0 Å². The van der Waals surface area contributed by atoms with E-state index in [9.17, 15) is 0 Å². The van der Waals surface area contributed by atoms with E-state index in [1.165, 1.54) is 5.56 Å². The van der Waals surface area contributed by atoms with Gasteiger partial charge in [0.2, 0.25) is 0 Å². The second-order valence-corrected chi connectivity index (χ2v) is 6.20. The van der Waals surface area contributed by atoms with Crippen LogP contribution in [0.15, 0.2) is 42.5 Å². The van der Waals surface area contributed by atoms with Crippen molar-refractivity contribution in [2.24, 2.45) is 0 Å². The Labute approximate surface area is 156 Å². The van der Waals surface area contributed by atoms with Crippen molar-refractivity contribution < 1.29 is 18.9 Å². The van der Waals surface area contributed by atoms with E-state index < -0.39 is 0 Å². The summed E-state index contributed by atoms with van der Waals surface area (Å²) < 4.78 is 22.0. The van der Waals surface area contributed by atoms with Crippen LogP contribution < -0.4 is 19.5 Å². The molecule has 2 rings (SSSR count). The molecule has 5 nitrogen and oxygen atoms in total. The fourth-order valence-corrected chi connectivity index (χ4v) is 2.55. The second-order valence-electron chi connectivity index (χ2n) is 6.20. The predicted molar refractivity (Wildman–Crippen MR) is 103 cm³/mol. The second kappa shape index (κ2) is 10.7. The van der Waals surface area contributed by atoms with Crippen LogP contribution in [0.1, 0.15) is 25.0 Å². The summed E-state index contributed by atoms with van der Waals surface area (Å²) in [7, 11) is 3.31. The maximum Gasteiger partial charge on any atom is 0.165 e. The lowest BCUT2D eigenvalue weighted by atomic mass is 10.1. The van der Waals surface area contributed by atoms with Crippen molar-refractivity contribution in [3.8, 4) is 17.2 Å². The number of nitrogens with one attached hydrogen (secondary N) is 1. The minimum atomic E-state index is 0.184. The summed E-state index contributed by atoms with van der Waals surface area (Å²) in [5.41, 5.74) is 2.26. The number of para-hydroxylation sites is 1. The lowest BCUT2D eigenvalue weighted by molar-refractivity contribution is 0.143. The zero-order chi connectivity index (χ0) is 18.8. The lowest BCUT2D eigenvalue weighted by Gasteiger charge is -2.15. The summed E-state index contributed by atoms with van der Waals surface area (Å²) in [5, 5.41) is 3.45. The molecule has 0 saturated heterocycles. The Hall–Kier alpha value is -2.24. The standard InChI is InChI=1S/C21H29NO4/c1-16(2)26-19-10-8-17(9-11-19)14-22-15-18-6-5-7-20(24-4)21(18)25-13-12-23-3/h5-11,16,22H,12-15H2,1-4H3. The van der Waals surface area contributed by atoms with Crippen LogP contribution in [0.5, 0.6) is 17.2 Å². The van der Waals surface area contributed by atoms with E-state index in [-0.39, 0.29) is 6.10 Å². The highest BCUT2D eigenvalue weighted by Crippen LogP contribution is 2.31. The van der Waals surface area contributed by atoms with Gasteiger partial charge in [-0.25, -0.2) is 0 Å². The van der Waals surface area contributed by atoms with Gasteiger partial charge in [-0.15, -0.1) is 0 Å². The van der Waals surface area contributed by atoms with Gasteiger partial charge in [0.05, 0.1) is 19.8 Å². The van der Waals surface area contributed by atoms with Gasteiger partial charge in [-0.2, -0.15) is 0 Å². The predicted octanol–water partition coefficient (Wildman–Crippen LogP) is 3.80. The summed E-state index contributed by atoms with van der Waals surface area (Å²) in [5.74, 6) is 2.39. The molecule has 0 bridgehead atoms. The quantitative estimate of drug-likeness (QED) is 0.619.